The first-order valence-electron chi connectivity index (χ1n) is 8.51. The van der Waals surface area contributed by atoms with Gasteiger partial charge in [-0.3, -0.25) is 4.90 Å². The van der Waals surface area contributed by atoms with Crippen molar-refractivity contribution in [2.75, 3.05) is 37.7 Å². The highest BCUT2D eigenvalue weighted by molar-refractivity contribution is 5.89. The first-order valence-corrected chi connectivity index (χ1v) is 8.51. The van der Waals surface area contributed by atoms with Crippen LogP contribution < -0.4 is 10.2 Å². The summed E-state index contributed by atoms with van der Waals surface area (Å²) in [5.41, 5.74) is 0.863. The number of pyridine rings is 1. The minimum atomic E-state index is -0.389. The lowest BCUT2D eigenvalue weighted by Gasteiger charge is -2.30. The Morgan fingerprint density at radius 3 is 3.00 bits per heavy atom. The van der Waals surface area contributed by atoms with Crippen LogP contribution in [0.15, 0.2) is 18.3 Å². The van der Waals surface area contributed by atoms with Crippen LogP contribution in [0.2, 0.25) is 0 Å². The normalized spacial score (nSPS) is 27.2. The van der Waals surface area contributed by atoms with E-state index in [0.717, 1.165) is 25.9 Å². The summed E-state index contributed by atoms with van der Waals surface area (Å²) >= 11 is 0. The first kappa shape index (κ1) is 14.9. The molecular formula is C17H23N3O3. The van der Waals surface area contributed by atoms with Crippen LogP contribution >= 0.6 is 0 Å². The average molecular weight is 317 g/mol. The van der Waals surface area contributed by atoms with Crippen LogP contribution in [0.25, 0.3) is 0 Å². The number of piperidine rings is 1. The van der Waals surface area contributed by atoms with Gasteiger partial charge in [0.2, 0.25) is 0 Å². The molecule has 3 saturated heterocycles. The SMILES string of the molecule is O=C1OC2(CCOCC2)CN1c1cc(C2CCCNC2)ccn1. The molecule has 6 heteroatoms. The Morgan fingerprint density at radius 1 is 1.35 bits per heavy atom. The smallest absolute Gasteiger partial charge is 0.416 e. The van der Waals surface area contributed by atoms with Crippen LogP contribution in [-0.2, 0) is 9.47 Å². The molecule has 0 radical (unpaired) electrons. The molecule has 4 heterocycles. The highest BCUT2D eigenvalue weighted by Gasteiger charge is 2.47. The lowest BCUT2D eigenvalue weighted by Crippen LogP contribution is -2.40. The molecule has 1 aromatic heterocycles. The lowest BCUT2D eigenvalue weighted by atomic mass is 9.92. The van der Waals surface area contributed by atoms with Gasteiger partial charge < -0.3 is 14.8 Å². The Morgan fingerprint density at radius 2 is 2.22 bits per heavy atom. The zero-order chi connectivity index (χ0) is 15.7. The monoisotopic (exact) mass is 317 g/mol. The van der Waals surface area contributed by atoms with Gasteiger partial charge in [0.05, 0.1) is 19.8 Å². The molecular weight excluding hydrogens is 294 g/mol. The molecule has 6 nitrogen and oxygen atoms in total. The molecule has 1 unspecified atom stereocenters. The Labute approximate surface area is 136 Å². The van der Waals surface area contributed by atoms with E-state index in [1.54, 1.807) is 4.90 Å². The van der Waals surface area contributed by atoms with Gasteiger partial charge in [0.25, 0.3) is 0 Å². The van der Waals surface area contributed by atoms with Crippen LogP contribution in [0.4, 0.5) is 10.6 Å². The second kappa shape index (κ2) is 6.09. The molecule has 1 atom stereocenters. The van der Waals surface area contributed by atoms with Gasteiger partial charge in [-0.25, -0.2) is 9.78 Å². The number of nitrogens with one attached hydrogen (secondary N) is 1. The standard InChI is InChI=1S/C17H23N3O3/c21-16-20(12-17(23-16)4-8-22-9-5-17)15-10-13(3-7-19-15)14-2-1-6-18-11-14/h3,7,10,14,18H,1-2,4-6,8-9,11-12H2. The van der Waals surface area contributed by atoms with Crippen LogP contribution in [0, 0.1) is 0 Å². The van der Waals surface area contributed by atoms with E-state index >= 15 is 0 Å². The van der Waals surface area contributed by atoms with E-state index in [-0.39, 0.29) is 11.7 Å². The third-order valence-corrected chi connectivity index (χ3v) is 5.19. The van der Waals surface area contributed by atoms with Crippen molar-refractivity contribution in [2.24, 2.45) is 0 Å². The number of anilines is 1. The highest BCUT2D eigenvalue weighted by Crippen LogP contribution is 2.35. The topological polar surface area (TPSA) is 63.7 Å². The fraction of sp³-hybridized carbons (Fsp3) is 0.647. The summed E-state index contributed by atoms with van der Waals surface area (Å²) in [6, 6.07) is 4.12. The van der Waals surface area contributed by atoms with Gasteiger partial charge in [0.15, 0.2) is 0 Å². The summed E-state index contributed by atoms with van der Waals surface area (Å²) in [5, 5.41) is 3.44. The molecule has 3 fully saturated rings. The second-order valence-corrected chi connectivity index (χ2v) is 6.74. The van der Waals surface area contributed by atoms with Crippen LogP contribution in [0.1, 0.15) is 37.2 Å². The zero-order valence-electron chi connectivity index (χ0n) is 13.3. The maximum atomic E-state index is 12.3. The summed E-state index contributed by atoms with van der Waals surface area (Å²) in [7, 11) is 0. The van der Waals surface area contributed by atoms with E-state index in [9.17, 15) is 4.79 Å². The average Bonchev–Trinajstić information content (AvgIpc) is 2.92. The molecule has 0 aromatic carbocycles. The Hall–Kier alpha value is -1.66. The molecule has 124 valence electrons. The van der Waals surface area contributed by atoms with Gasteiger partial charge in [0.1, 0.15) is 11.4 Å². The van der Waals surface area contributed by atoms with Gasteiger partial charge in [-0.1, -0.05) is 0 Å². The second-order valence-electron chi connectivity index (χ2n) is 6.74. The summed E-state index contributed by atoms with van der Waals surface area (Å²) in [6.07, 6.45) is 5.43. The molecule has 1 N–H and O–H groups in total. The molecule has 1 spiro atoms. The zero-order valence-corrected chi connectivity index (χ0v) is 13.3. The van der Waals surface area contributed by atoms with E-state index in [4.69, 9.17) is 9.47 Å². The molecule has 0 saturated carbocycles. The molecule has 1 amide bonds. The number of carbonyl (C=O) groups excluding carboxylic acids is 1. The molecule has 4 rings (SSSR count). The first-order chi connectivity index (χ1) is 11.3. The highest BCUT2D eigenvalue weighted by atomic mass is 16.6. The predicted octanol–water partition coefficient (Wildman–Crippen LogP) is 2.05. The van der Waals surface area contributed by atoms with Gasteiger partial charge in [-0.05, 0) is 43.0 Å². The fourth-order valence-electron chi connectivity index (χ4n) is 3.78. The van der Waals surface area contributed by atoms with Crippen molar-refractivity contribution < 1.29 is 14.3 Å². The third kappa shape index (κ3) is 2.93. The van der Waals surface area contributed by atoms with E-state index in [0.29, 0.717) is 31.5 Å². The molecule has 3 aliphatic heterocycles. The number of hydrogen-bond acceptors (Lipinski definition) is 5. The maximum absolute atomic E-state index is 12.3. The van der Waals surface area contributed by atoms with Gasteiger partial charge in [0, 0.05) is 25.6 Å². The van der Waals surface area contributed by atoms with Crippen molar-refractivity contribution in [3.63, 3.8) is 0 Å². The minimum Gasteiger partial charge on any atom is -0.440 e. The van der Waals surface area contributed by atoms with Crippen molar-refractivity contribution in [1.82, 2.24) is 10.3 Å². The van der Waals surface area contributed by atoms with Crippen molar-refractivity contribution in [2.45, 2.75) is 37.2 Å². The van der Waals surface area contributed by atoms with Crippen LogP contribution in [-0.4, -0.2) is 49.5 Å². The number of rotatable bonds is 2. The van der Waals surface area contributed by atoms with Crippen molar-refractivity contribution in [3.8, 4) is 0 Å². The minimum absolute atomic E-state index is 0.279. The molecule has 23 heavy (non-hydrogen) atoms. The van der Waals surface area contributed by atoms with Crippen LogP contribution in [0.5, 0.6) is 0 Å². The molecule has 0 aliphatic carbocycles. The Bertz CT molecular complexity index is 580. The molecule has 0 bridgehead atoms. The summed E-state index contributed by atoms with van der Waals surface area (Å²) in [4.78, 5) is 18.4. The van der Waals surface area contributed by atoms with Gasteiger partial charge >= 0.3 is 6.09 Å². The van der Waals surface area contributed by atoms with Crippen molar-refractivity contribution in [1.29, 1.82) is 0 Å². The predicted molar refractivity (Wildman–Crippen MR) is 85.7 cm³/mol. The number of ether oxygens (including phenoxy) is 2. The number of amides is 1. The third-order valence-electron chi connectivity index (χ3n) is 5.19. The number of nitrogens with zero attached hydrogens (tertiary/aromatic N) is 2. The number of aromatic nitrogens is 1. The number of carbonyl (C=O) groups is 1. The largest absolute Gasteiger partial charge is 0.440 e. The van der Waals surface area contributed by atoms with E-state index < -0.39 is 0 Å². The maximum Gasteiger partial charge on any atom is 0.416 e. The quantitative estimate of drug-likeness (QED) is 0.904. The summed E-state index contributed by atoms with van der Waals surface area (Å²) < 4.78 is 11.1. The number of hydrogen-bond donors (Lipinski definition) is 1. The van der Waals surface area contributed by atoms with Crippen molar-refractivity contribution in [3.05, 3.63) is 23.9 Å². The molecule has 3 aliphatic rings. The van der Waals surface area contributed by atoms with Crippen molar-refractivity contribution >= 4 is 11.9 Å². The van der Waals surface area contributed by atoms with E-state index in [2.05, 4.69) is 22.4 Å². The molecule has 1 aromatic rings. The lowest BCUT2D eigenvalue weighted by molar-refractivity contribution is -0.0431. The van der Waals surface area contributed by atoms with Gasteiger partial charge in [-0.2, -0.15) is 0 Å². The van der Waals surface area contributed by atoms with E-state index in [1.807, 2.05) is 6.20 Å². The Balaban J connectivity index is 1.54. The van der Waals surface area contributed by atoms with Crippen LogP contribution in [0.3, 0.4) is 0 Å². The van der Waals surface area contributed by atoms with Gasteiger partial charge in [-0.15, -0.1) is 0 Å². The summed E-state index contributed by atoms with van der Waals surface area (Å²) in [6.45, 7) is 3.98. The Kier molecular flexibility index (Phi) is 3.95. The van der Waals surface area contributed by atoms with E-state index in [1.165, 1.54) is 18.4 Å². The fourth-order valence-corrected chi connectivity index (χ4v) is 3.78. The summed E-state index contributed by atoms with van der Waals surface area (Å²) in [5.74, 6) is 1.21.